The van der Waals surface area contributed by atoms with Gasteiger partial charge in [-0.15, -0.1) is 0 Å². The Morgan fingerprint density at radius 2 is 2.16 bits per heavy atom. The summed E-state index contributed by atoms with van der Waals surface area (Å²) in [5, 5.41) is 6.93. The molecule has 1 N–H and O–H groups in total. The Kier molecular flexibility index (Phi) is 2.99. The van der Waals surface area contributed by atoms with Crippen molar-refractivity contribution in [2.24, 2.45) is 0 Å². The Hall–Kier alpha value is -1.53. The van der Waals surface area contributed by atoms with Gasteiger partial charge in [0.05, 0.1) is 17.6 Å². The Labute approximate surface area is 112 Å². The Morgan fingerprint density at radius 3 is 2.84 bits per heavy atom. The smallest absolute Gasteiger partial charge is 0.262 e. The van der Waals surface area contributed by atoms with Crippen LogP contribution in [0, 0.1) is 0 Å². The highest BCUT2D eigenvalue weighted by molar-refractivity contribution is 6.33. The van der Waals surface area contributed by atoms with Crippen LogP contribution in [0.4, 0.5) is 8.78 Å². The van der Waals surface area contributed by atoms with Gasteiger partial charge in [-0.2, -0.15) is 4.98 Å². The third-order valence-electron chi connectivity index (χ3n) is 2.96. The molecule has 1 unspecified atom stereocenters. The second-order valence-corrected chi connectivity index (χ2v) is 4.84. The fourth-order valence-corrected chi connectivity index (χ4v) is 2.24. The first-order valence-corrected chi connectivity index (χ1v) is 6.13. The monoisotopic (exact) mass is 285 g/mol. The van der Waals surface area contributed by atoms with Crippen molar-refractivity contribution in [2.75, 3.05) is 6.54 Å². The van der Waals surface area contributed by atoms with Gasteiger partial charge in [-0.25, -0.2) is 8.78 Å². The van der Waals surface area contributed by atoms with Crippen LogP contribution in [-0.4, -0.2) is 22.6 Å². The molecule has 0 amide bonds. The van der Waals surface area contributed by atoms with Gasteiger partial charge in [0.15, 0.2) is 0 Å². The lowest BCUT2D eigenvalue weighted by atomic mass is 10.2. The van der Waals surface area contributed by atoms with Crippen LogP contribution in [0.15, 0.2) is 28.8 Å². The third-order valence-corrected chi connectivity index (χ3v) is 3.29. The van der Waals surface area contributed by atoms with E-state index in [2.05, 4.69) is 15.5 Å². The van der Waals surface area contributed by atoms with E-state index in [0.717, 1.165) is 0 Å². The summed E-state index contributed by atoms with van der Waals surface area (Å²) in [5.74, 6) is -2.27. The summed E-state index contributed by atoms with van der Waals surface area (Å²) in [7, 11) is 0. The first-order chi connectivity index (χ1) is 9.05. The first-order valence-electron chi connectivity index (χ1n) is 5.75. The number of aromatic nitrogens is 2. The molecule has 1 atom stereocenters. The lowest BCUT2D eigenvalue weighted by Gasteiger charge is -2.04. The maximum atomic E-state index is 13.1. The number of halogens is 3. The standard InChI is InChI=1S/C12H10ClF2N3O/c13-8-4-2-1-3-7(8)10-17-11(19-18-10)9-5-12(14,15)6-16-9/h1-4,9,16H,5-6H2. The van der Waals surface area contributed by atoms with Crippen LogP contribution < -0.4 is 5.32 Å². The molecule has 0 radical (unpaired) electrons. The second-order valence-electron chi connectivity index (χ2n) is 4.43. The Morgan fingerprint density at radius 1 is 1.37 bits per heavy atom. The number of nitrogens with zero attached hydrogens (tertiary/aromatic N) is 2. The van der Waals surface area contributed by atoms with Crippen molar-refractivity contribution < 1.29 is 13.3 Å². The van der Waals surface area contributed by atoms with E-state index in [-0.39, 0.29) is 18.9 Å². The van der Waals surface area contributed by atoms with Gasteiger partial charge < -0.3 is 4.52 Å². The number of nitrogens with one attached hydrogen (secondary N) is 1. The van der Waals surface area contributed by atoms with Crippen molar-refractivity contribution in [1.29, 1.82) is 0 Å². The Bertz CT molecular complexity index is 602. The van der Waals surface area contributed by atoms with E-state index >= 15 is 0 Å². The molecule has 7 heteroatoms. The summed E-state index contributed by atoms with van der Waals surface area (Å²) >= 11 is 6.02. The fraction of sp³-hybridized carbons (Fsp3) is 0.333. The number of rotatable bonds is 2. The van der Waals surface area contributed by atoms with Crippen LogP contribution >= 0.6 is 11.6 Å². The van der Waals surface area contributed by atoms with Crippen LogP contribution in [-0.2, 0) is 0 Å². The van der Waals surface area contributed by atoms with Crippen LogP contribution in [0.25, 0.3) is 11.4 Å². The first kappa shape index (κ1) is 12.5. The molecule has 4 nitrogen and oxygen atoms in total. The van der Waals surface area contributed by atoms with Crippen LogP contribution in [0.1, 0.15) is 18.4 Å². The van der Waals surface area contributed by atoms with Crippen molar-refractivity contribution >= 4 is 11.6 Å². The van der Waals surface area contributed by atoms with Gasteiger partial charge in [0.2, 0.25) is 11.7 Å². The van der Waals surface area contributed by atoms with Crippen molar-refractivity contribution in [1.82, 2.24) is 15.5 Å². The molecule has 0 saturated carbocycles. The average Bonchev–Trinajstić information content (AvgIpc) is 2.96. The van der Waals surface area contributed by atoms with E-state index < -0.39 is 12.0 Å². The van der Waals surface area contributed by atoms with Crippen molar-refractivity contribution in [2.45, 2.75) is 18.4 Å². The largest absolute Gasteiger partial charge is 0.337 e. The fourth-order valence-electron chi connectivity index (χ4n) is 2.02. The lowest BCUT2D eigenvalue weighted by molar-refractivity contribution is 0.0200. The predicted molar refractivity (Wildman–Crippen MR) is 65.1 cm³/mol. The molecule has 3 rings (SSSR count). The molecule has 1 aromatic carbocycles. The van der Waals surface area contributed by atoms with Gasteiger partial charge in [0.1, 0.15) is 0 Å². The molecule has 100 valence electrons. The van der Waals surface area contributed by atoms with Crippen molar-refractivity contribution in [3.63, 3.8) is 0 Å². The van der Waals surface area contributed by atoms with E-state index in [4.69, 9.17) is 16.1 Å². The van der Waals surface area contributed by atoms with Crippen LogP contribution in [0.5, 0.6) is 0 Å². The molecule has 0 bridgehead atoms. The maximum absolute atomic E-state index is 13.1. The highest BCUT2D eigenvalue weighted by atomic mass is 35.5. The molecule has 1 aromatic heterocycles. The van der Waals surface area contributed by atoms with E-state index in [9.17, 15) is 8.78 Å². The zero-order valence-electron chi connectivity index (χ0n) is 9.74. The van der Waals surface area contributed by atoms with E-state index in [1.54, 1.807) is 24.3 Å². The Balaban J connectivity index is 1.87. The summed E-state index contributed by atoms with van der Waals surface area (Å²) in [6.45, 7) is -0.374. The zero-order valence-corrected chi connectivity index (χ0v) is 10.5. The summed E-state index contributed by atoms with van der Waals surface area (Å²) in [6, 6.07) is 6.41. The average molecular weight is 286 g/mol. The zero-order chi connectivity index (χ0) is 13.5. The number of alkyl halides is 2. The highest BCUT2D eigenvalue weighted by Crippen LogP contribution is 2.34. The van der Waals surface area contributed by atoms with Crippen LogP contribution in [0.2, 0.25) is 5.02 Å². The highest BCUT2D eigenvalue weighted by Gasteiger charge is 2.42. The molecule has 1 aliphatic rings. The minimum Gasteiger partial charge on any atom is -0.337 e. The molecule has 1 saturated heterocycles. The molecular formula is C12H10ClF2N3O. The van der Waals surface area contributed by atoms with Gasteiger partial charge in [-0.3, -0.25) is 5.32 Å². The van der Waals surface area contributed by atoms with E-state index in [1.807, 2.05) is 0 Å². The predicted octanol–water partition coefficient (Wildman–Crippen LogP) is 3.06. The molecule has 1 aliphatic heterocycles. The molecular weight excluding hydrogens is 276 g/mol. The van der Waals surface area contributed by atoms with Gasteiger partial charge >= 0.3 is 0 Å². The summed E-state index contributed by atoms with van der Waals surface area (Å²) in [6.07, 6.45) is -0.336. The SMILES string of the molecule is FC1(F)CNC(c2nc(-c3ccccc3Cl)no2)C1. The van der Waals surface area contributed by atoms with Crippen molar-refractivity contribution in [3.05, 3.63) is 35.2 Å². The maximum Gasteiger partial charge on any atom is 0.262 e. The quantitative estimate of drug-likeness (QED) is 0.921. The van der Waals surface area contributed by atoms with E-state index in [1.165, 1.54) is 0 Å². The van der Waals surface area contributed by atoms with Gasteiger partial charge in [-0.1, -0.05) is 28.9 Å². The van der Waals surface area contributed by atoms with Crippen molar-refractivity contribution in [3.8, 4) is 11.4 Å². The minimum atomic E-state index is -2.73. The number of benzene rings is 1. The molecule has 0 spiro atoms. The molecule has 19 heavy (non-hydrogen) atoms. The lowest BCUT2D eigenvalue weighted by Crippen LogP contribution is -2.19. The normalized spacial score (nSPS) is 21.7. The van der Waals surface area contributed by atoms with E-state index in [0.29, 0.717) is 16.4 Å². The summed E-state index contributed by atoms with van der Waals surface area (Å²) < 4.78 is 31.2. The summed E-state index contributed by atoms with van der Waals surface area (Å²) in [4.78, 5) is 4.13. The molecule has 2 aromatic rings. The number of hydrogen-bond donors (Lipinski definition) is 1. The second kappa shape index (κ2) is 4.54. The van der Waals surface area contributed by atoms with Gasteiger partial charge in [-0.05, 0) is 12.1 Å². The molecule has 1 fully saturated rings. The topological polar surface area (TPSA) is 51.0 Å². The third kappa shape index (κ3) is 2.46. The van der Waals surface area contributed by atoms with Crippen LogP contribution in [0.3, 0.4) is 0 Å². The molecule has 2 heterocycles. The number of hydrogen-bond acceptors (Lipinski definition) is 4. The molecule has 0 aliphatic carbocycles. The summed E-state index contributed by atoms with van der Waals surface area (Å²) in [5.41, 5.74) is 0.615. The van der Waals surface area contributed by atoms with Gasteiger partial charge in [0.25, 0.3) is 5.92 Å². The minimum absolute atomic E-state index is 0.159. The van der Waals surface area contributed by atoms with Gasteiger partial charge in [0, 0.05) is 12.0 Å².